The molecule has 0 saturated heterocycles. The molecule has 1 aromatic carbocycles. The van der Waals surface area contributed by atoms with Crippen molar-refractivity contribution in [2.75, 3.05) is 17.7 Å². The molecule has 0 saturated carbocycles. The molecule has 3 aromatic rings. The van der Waals surface area contributed by atoms with Crippen molar-refractivity contribution in [3.63, 3.8) is 0 Å². The number of aryl methyl sites for hydroxylation is 1. The molecule has 3 rings (SSSR count). The van der Waals surface area contributed by atoms with Crippen LogP contribution >= 0.6 is 23.1 Å². The van der Waals surface area contributed by atoms with Crippen LogP contribution in [0.1, 0.15) is 12.6 Å². The van der Waals surface area contributed by atoms with E-state index in [1.54, 1.807) is 32.0 Å². The van der Waals surface area contributed by atoms with Gasteiger partial charge in [-0.25, -0.2) is 23.2 Å². The number of aromatic nitrogens is 4. The normalized spacial score (nSPS) is 11.1. The highest BCUT2D eigenvalue weighted by Gasteiger charge is 2.22. The molecule has 0 radical (unpaired) electrons. The van der Waals surface area contributed by atoms with Crippen LogP contribution in [0.4, 0.5) is 10.7 Å². The molecule has 15 heteroatoms. The molecular formula is C18H19N7O5S3. The fourth-order valence-electron chi connectivity index (χ4n) is 2.39. The number of benzene rings is 1. The van der Waals surface area contributed by atoms with Crippen molar-refractivity contribution in [1.29, 1.82) is 0 Å². The van der Waals surface area contributed by atoms with Crippen LogP contribution in [0.25, 0.3) is 10.6 Å². The Morgan fingerprint density at radius 1 is 1.18 bits per heavy atom. The minimum atomic E-state index is -4.16. The quantitative estimate of drug-likeness (QED) is 0.220. The van der Waals surface area contributed by atoms with E-state index in [0.717, 1.165) is 23.1 Å². The number of anilines is 1. The lowest BCUT2D eigenvalue weighted by molar-refractivity contribution is -0.139. The van der Waals surface area contributed by atoms with Crippen molar-refractivity contribution in [3.8, 4) is 10.6 Å². The lowest BCUT2D eigenvalue weighted by atomic mass is 10.2. The first-order valence-corrected chi connectivity index (χ1v) is 12.7. The third-order valence-corrected chi connectivity index (χ3v) is 7.12. The minimum Gasteiger partial charge on any atom is -0.465 e. The second-order valence-corrected chi connectivity index (χ2v) is 10.0. The number of sulfonamides is 1. The van der Waals surface area contributed by atoms with Crippen molar-refractivity contribution < 1.29 is 22.7 Å². The molecule has 12 nitrogen and oxygen atoms in total. The first kappa shape index (κ1) is 24.5. The standard InChI is InChI=1S/C18H19N7O5S3/c1-3-30-14(26)10-31-18-24-22-15(32-18)12-6-4-5-7-13(12)33(28,29)25-23-17(27)21-16-19-9-8-11(2)20-16/h4-9,25H,3,10H2,1-2H3,(H2,19,20,21,23,27). The number of rotatable bonds is 9. The van der Waals surface area contributed by atoms with E-state index in [0.29, 0.717) is 15.0 Å². The fraction of sp³-hybridized carbons (Fsp3) is 0.222. The molecule has 2 heterocycles. The molecule has 0 spiro atoms. The lowest BCUT2D eigenvalue weighted by Gasteiger charge is -2.11. The number of ether oxygens (including phenoxy) is 1. The molecule has 3 N–H and O–H groups in total. The van der Waals surface area contributed by atoms with Gasteiger partial charge < -0.3 is 4.74 Å². The van der Waals surface area contributed by atoms with Gasteiger partial charge in [-0.15, -0.1) is 15.0 Å². The summed E-state index contributed by atoms with van der Waals surface area (Å²) in [7, 11) is -4.16. The van der Waals surface area contributed by atoms with E-state index >= 15 is 0 Å². The van der Waals surface area contributed by atoms with Crippen LogP contribution in [0, 0.1) is 6.92 Å². The van der Waals surface area contributed by atoms with E-state index in [1.807, 2.05) is 4.83 Å². The number of thioether (sulfide) groups is 1. The summed E-state index contributed by atoms with van der Waals surface area (Å²) in [5.74, 6) is -0.297. The van der Waals surface area contributed by atoms with Gasteiger partial charge in [0.15, 0.2) is 4.34 Å². The van der Waals surface area contributed by atoms with E-state index in [4.69, 9.17) is 4.74 Å². The second-order valence-electron chi connectivity index (χ2n) is 6.17. The Balaban J connectivity index is 1.70. The summed E-state index contributed by atoms with van der Waals surface area (Å²) in [6.45, 7) is 3.72. The molecule has 0 atom stereocenters. The van der Waals surface area contributed by atoms with Gasteiger partial charge in [-0.3, -0.25) is 15.5 Å². The minimum absolute atomic E-state index is 0.0220. The van der Waals surface area contributed by atoms with Crippen LogP contribution in [0.3, 0.4) is 0 Å². The molecule has 0 bridgehead atoms. The number of hydrazine groups is 1. The maximum atomic E-state index is 12.8. The highest BCUT2D eigenvalue weighted by atomic mass is 32.2. The van der Waals surface area contributed by atoms with Gasteiger partial charge in [0.2, 0.25) is 5.95 Å². The second kappa shape index (κ2) is 11.1. The molecule has 0 unspecified atom stereocenters. The molecule has 0 aliphatic carbocycles. The zero-order valence-electron chi connectivity index (χ0n) is 17.4. The fourth-order valence-corrected chi connectivity index (χ4v) is 5.19. The van der Waals surface area contributed by atoms with Gasteiger partial charge in [-0.2, -0.15) is 0 Å². The van der Waals surface area contributed by atoms with Crippen molar-refractivity contribution in [3.05, 3.63) is 42.2 Å². The number of amides is 2. The Morgan fingerprint density at radius 3 is 2.73 bits per heavy atom. The van der Waals surface area contributed by atoms with Gasteiger partial charge in [0.1, 0.15) is 5.01 Å². The van der Waals surface area contributed by atoms with E-state index < -0.39 is 16.1 Å². The summed E-state index contributed by atoms with van der Waals surface area (Å²) < 4.78 is 31.0. The van der Waals surface area contributed by atoms with Gasteiger partial charge >= 0.3 is 12.0 Å². The first-order chi connectivity index (χ1) is 15.8. The Bertz CT molecular complexity index is 1250. The zero-order valence-corrected chi connectivity index (χ0v) is 19.9. The Morgan fingerprint density at radius 2 is 1.97 bits per heavy atom. The lowest BCUT2D eigenvalue weighted by Crippen LogP contribution is -2.44. The Labute approximate surface area is 197 Å². The van der Waals surface area contributed by atoms with Crippen LogP contribution in [0.5, 0.6) is 0 Å². The van der Waals surface area contributed by atoms with Crippen LogP contribution in [0.2, 0.25) is 0 Å². The molecule has 0 fully saturated rings. The summed E-state index contributed by atoms with van der Waals surface area (Å²) in [5.41, 5.74) is 2.98. The molecule has 2 amide bonds. The summed E-state index contributed by atoms with van der Waals surface area (Å²) in [4.78, 5) is 33.3. The monoisotopic (exact) mass is 509 g/mol. The SMILES string of the molecule is CCOC(=O)CSc1nnc(-c2ccccc2S(=O)(=O)NNC(=O)Nc2nccc(C)n2)s1. The highest BCUT2D eigenvalue weighted by Crippen LogP contribution is 2.33. The zero-order chi connectivity index (χ0) is 23.8. The number of carbonyl (C=O) groups is 2. The van der Waals surface area contributed by atoms with E-state index in [9.17, 15) is 18.0 Å². The van der Waals surface area contributed by atoms with Gasteiger partial charge in [0.25, 0.3) is 10.0 Å². The van der Waals surface area contributed by atoms with Gasteiger partial charge in [0, 0.05) is 17.5 Å². The van der Waals surface area contributed by atoms with Crippen LogP contribution in [-0.4, -0.2) is 52.9 Å². The maximum absolute atomic E-state index is 12.8. The highest BCUT2D eigenvalue weighted by molar-refractivity contribution is 8.01. The Hall–Kier alpha value is -3.14. The van der Waals surface area contributed by atoms with Crippen molar-refractivity contribution in [1.82, 2.24) is 30.4 Å². The predicted octanol–water partition coefficient (Wildman–Crippen LogP) is 1.97. The van der Waals surface area contributed by atoms with Gasteiger partial charge in [-0.1, -0.05) is 41.3 Å². The summed E-state index contributed by atoms with van der Waals surface area (Å²) in [6.07, 6.45) is 1.46. The summed E-state index contributed by atoms with van der Waals surface area (Å²) >= 11 is 2.27. The molecule has 2 aromatic heterocycles. The van der Waals surface area contributed by atoms with Crippen molar-refractivity contribution in [2.24, 2.45) is 0 Å². The van der Waals surface area contributed by atoms with Crippen molar-refractivity contribution in [2.45, 2.75) is 23.1 Å². The van der Waals surface area contributed by atoms with Crippen LogP contribution in [-0.2, 0) is 19.6 Å². The van der Waals surface area contributed by atoms with Gasteiger partial charge in [0.05, 0.1) is 17.3 Å². The number of hydrogen-bond acceptors (Lipinski definition) is 11. The smallest absolute Gasteiger partial charge is 0.336 e. The average Bonchev–Trinajstić information content (AvgIpc) is 3.26. The average molecular weight is 510 g/mol. The van der Waals surface area contributed by atoms with Crippen LogP contribution < -0.4 is 15.6 Å². The number of nitrogens with zero attached hydrogens (tertiary/aromatic N) is 4. The van der Waals surface area contributed by atoms with E-state index in [2.05, 4.69) is 30.9 Å². The van der Waals surface area contributed by atoms with Crippen LogP contribution in [0.15, 0.2) is 45.8 Å². The summed E-state index contributed by atoms with van der Waals surface area (Å²) in [6, 6.07) is 6.91. The number of urea groups is 1. The largest absolute Gasteiger partial charge is 0.465 e. The molecule has 33 heavy (non-hydrogen) atoms. The van der Waals surface area contributed by atoms with E-state index in [-0.39, 0.29) is 34.7 Å². The number of hydrogen-bond donors (Lipinski definition) is 3. The molecular weight excluding hydrogens is 490 g/mol. The van der Waals surface area contributed by atoms with E-state index in [1.165, 1.54) is 18.3 Å². The van der Waals surface area contributed by atoms with Crippen molar-refractivity contribution >= 4 is 51.1 Å². The maximum Gasteiger partial charge on any atom is 0.336 e. The molecule has 0 aliphatic rings. The topological polar surface area (TPSA) is 165 Å². The summed E-state index contributed by atoms with van der Waals surface area (Å²) in [5, 5.41) is 10.7. The third-order valence-electron chi connectivity index (χ3n) is 3.75. The number of carbonyl (C=O) groups excluding carboxylic acids is 2. The number of esters is 1. The third kappa shape index (κ3) is 6.92. The predicted molar refractivity (Wildman–Crippen MR) is 122 cm³/mol. The number of nitrogens with one attached hydrogen (secondary N) is 3. The molecule has 0 aliphatic heterocycles. The Kier molecular flexibility index (Phi) is 8.26. The first-order valence-electron chi connectivity index (χ1n) is 9.38. The van der Waals surface area contributed by atoms with Gasteiger partial charge in [-0.05, 0) is 26.0 Å². The molecule has 174 valence electrons.